The van der Waals surface area contributed by atoms with Gasteiger partial charge in [-0.05, 0) is 94.8 Å². The van der Waals surface area contributed by atoms with E-state index in [1.54, 1.807) is 24.4 Å². The summed E-state index contributed by atoms with van der Waals surface area (Å²) >= 11 is 0. The van der Waals surface area contributed by atoms with Crippen LogP contribution in [-0.4, -0.2) is 20.8 Å². The van der Waals surface area contributed by atoms with Gasteiger partial charge in [0, 0.05) is 79.6 Å². The van der Waals surface area contributed by atoms with Crippen LogP contribution in [0.5, 0.6) is 23.0 Å². The van der Waals surface area contributed by atoms with Gasteiger partial charge in [0.2, 0.25) is 0 Å². The predicted octanol–water partition coefficient (Wildman–Crippen LogP) is 20.0. The van der Waals surface area contributed by atoms with Gasteiger partial charge in [0.1, 0.15) is 35.5 Å². The number of ether oxygens (including phenoxy) is 2. The lowest BCUT2D eigenvalue weighted by Crippen LogP contribution is -2.24. The average molecular weight is 1060 g/mol. The second-order valence-electron chi connectivity index (χ2n) is 22.5. The Morgan fingerprint density at radius 2 is 0.975 bits per heavy atom. The molecule has 14 rings (SSSR count). The summed E-state index contributed by atoms with van der Waals surface area (Å²) in [6, 6.07) is 55.0. The van der Waals surface area contributed by atoms with Crippen molar-refractivity contribution in [2.75, 3.05) is 16.5 Å². The summed E-state index contributed by atoms with van der Waals surface area (Å²) in [5.41, 5.74) is 9.36. The average Bonchev–Trinajstić information content (AvgIpc) is 1.73. The number of hydrogen-bond acceptors (Lipinski definition) is 5. The van der Waals surface area contributed by atoms with Crippen molar-refractivity contribution < 1.29 is 23.2 Å². The normalized spacial score (nSPS) is 14.4. The summed E-state index contributed by atoms with van der Waals surface area (Å²) < 4.78 is 107. The minimum Gasteiger partial charge on any atom is -0.457 e. The number of hydrogen-bond donors (Lipinski definition) is 0. The third-order valence-electron chi connectivity index (χ3n) is 15.3. The third-order valence-corrected chi connectivity index (χ3v) is 15.3. The van der Waals surface area contributed by atoms with Crippen LogP contribution in [0.1, 0.15) is 66.4 Å². The number of benzene rings is 10. The number of anilines is 4. The van der Waals surface area contributed by atoms with E-state index < -0.39 is 60.4 Å². The van der Waals surface area contributed by atoms with Gasteiger partial charge in [0.05, 0.1) is 52.8 Å². The highest BCUT2D eigenvalue weighted by Crippen LogP contribution is 2.51. The smallest absolute Gasteiger partial charge is 0.141 e. The summed E-state index contributed by atoms with van der Waals surface area (Å²) in [5, 5.41) is 4.31. The Hall–Kier alpha value is -9.85. The molecule has 7 heteroatoms. The monoisotopic (exact) mass is 1060 g/mol. The van der Waals surface area contributed by atoms with Crippen molar-refractivity contribution in [2.24, 2.45) is 0 Å². The molecule has 0 spiro atoms. The van der Waals surface area contributed by atoms with E-state index in [4.69, 9.17) is 28.2 Å². The first-order valence-corrected chi connectivity index (χ1v) is 27.1. The van der Waals surface area contributed by atoms with Gasteiger partial charge in [-0.15, -0.1) is 0 Å². The van der Waals surface area contributed by atoms with Crippen LogP contribution in [0.25, 0.3) is 77.4 Å². The number of pyridine rings is 1. The molecule has 7 nitrogen and oxygen atoms in total. The highest BCUT2D eigenvalue weighted by molar-refractivity contribution is 6.12. The molecule has 1 aliphatic heterocycles. The Balaban J connectivity index is 0.891. The van der Waals surface area contributed by atoms with Gasteiger partial charge in [-0.3, -0.25) is 4.57 Å². The highest BCUT2D eigenvalue weighted by Gasteiger charge is 2.32. The molecule has 0 atom stereocenters. The van der Waals surface area contributed by atoms with Gasteiger partial charge in [-0.2, -0.15) is 0 Å². The fourth-order valence-corrected chi connectivity index (χ4v) is 11.7. The van der Waals surface area contributed by atoms with E-state index in [9.17, 15) is 0 Å². The molecule has 4 heterocycles. The van der Waals surface area contributed by atoms with Crippen LogP contribution in [-0.2, 0) is 10.8 Å². The summed E-state index contributed by atoms with van der Waals surface area (Å²) in [6.45, 7) is 13.3. The van der Waals surface area contributed by atoms with Crippen molar-refractivity contribution in [3.63, 3.8) is 0 Å². The lowest BCUT2D eigenvalue weighted by molar-refractivity contribution is 0.432. The van der Waals surface area contributed by atoms with Gasteiger partial charge in [-0.1, -0.05) is 193 Å². The largest absolute Gasteiger partial charge is 0.457 e. The van der Waals surface area contributed by atoms with E-state index in [0.717, 1.165) is 61.1 Å². The summed E-state index contributed by atoms with van der Waals surface area (Å²) in [5.74, 6) is 3.18. The Kier molecular flexibility index (Phi) is 9.51. The third kappa shape index (κ3) is 8.73. The lowest BCUT2D eigenvalue weighted by atomic mass is 9.79. The molecule has 13 aromatic rings. The quantitative estimate of drug-likeness (QED) is 0.137. The van der Waals surface area contributed by atoms with Crippen molar-refractivity contribution in [3.05, 3.63) is 260 Å². The fourth-order valence-electron chi connectivity index (χ4n) is 11.7. The molecule has 81 heavy (non-hydrogen) atoms. The molecule has 0 saturated heterocycles. The summed E-state index contributed by atoms with van der Waals surface area (Å²) in [6.07, 6.45) is 1.79. The Bertz CT molecular complexity index is 4950. The molecule has 10 aromatic carbocycles. The number of rotatable bonds is 10. The van der Waals surface area contributed by atoms with Crippen LogP contribution in [0.2, 0.25) is 0 Å². The van der Waals surface area contributed by atoms with Crippen molar-refractivity contribution in [2.45, 2.75) is 52.4 Å². The maximum absolute atomic E-state index is 9.15. The minimum absolute atomic E-state index is 0.0852. The first-order valence-electron chi connectivity index (χ1n) is 32.1. The van der Waals surface area contributed by atoms with Gasteiger partial charge in [0.25, 0.3) is 0 Å². The highest BCUT2D eigenvalue weighted by atomic mass is 16.5. The predicted molar refractivity (Wildman–Crippen MR) is 336 cm³/mol. The maximum Gasteiger partial charge on any atom is 0.141 e. The lowest BCUT2D eigenvalue weighted by Gasteiger charge is -2.29. The SMILES string of the molecule is [2H]c1c([2H])c([2H])c(-c2cccc(-c3c([2H])c([2H])c([2H])c([2H])c3[2H])c2N2CN(c3cccc(Oc4ccc5c6cc(-n7c8ccccc8c8ccccc87)ccc6n(-c6cc(Oc7c(C(C)(C)C)cccc7C(C)(C)C)ccn6)c5c4)c3)c3ccccc32)c([2H])c1[2H]. The standard InChI is InChI=1S/C74H61N5O2/c1-73(2,3)62-32-21-33-63(74(4,5)6)72(62)81-55-42-43-75-70(47-55)79-66-41-38-52(78-64-34-15-13-28-58(64)59-29-14-16-35-65(59)78)45-61(66)60-40-39-54(46-69(60)79)80-53-27-19-26-51(44-53)76-48-77(68-37-18-17-36-67(68)76)71-56(49-22-9-7-10-23-49)30-20-31-57(71)50-24-11-8-12-25-50/h7-47H,48H2,1-6H3/i7D,8D,9D,10D,11D,12D,22D,23D,24D,25D. The molecular weight excluding hydrogens is 991 g/mol. The van der Waals surface area contributed by atoms with E-state index in [-0.39, 0.29) is 45.4 Å². The summed E-state index contributed by atoms with van der Waals surface area (Å²) in [7, 11) is 0. The molecule has 1 aliphatic rings. The number of para-hydroxylation sites is 6. The van der Waals surface area contributed by atoms with Gasteiger partial charge in [0.15, 0.2) is 0 Å². The minimum atomic E-state index is -0.560. The van der Waals surface area contributed by atoms with Crippen LogP contribution in [0.3, 0.4) is 0 Å². The van der Waals surface area contributed by atoms with Crippen LogP contribution in [0, 0.1) is 0 Å². The Labute approximate surface area is 487 Å². The van der Waals surface area contributed by atoms with E-state index in [2.05, 4.69) is 142 Å². The van der Waals surface area contributed by atoms with Crippen molar-refractivity contribution in [1.29, 1.82) is 0 Å². The van der Waals surface area contributed by atoms with Crippen molar-refractivity contribution in [1.82, 2.24) is 14.1 Å². The van der Waals surface area contributed by atoms with Gasteiger partial charge in [-0.25, -0.2) is 4.98 Å². The molecule has 0 fully saturated rings. The molecule has 0 aliphatic carbocycles. The second-order valence-corrected chi connectivity index (χ2v) is 22.5. The first kappa shape index (κ1) is 39.5. The zero-order valence-corrected chi connectivity index (χ0v) is 45.7. The summed E-state index contributed by atoms with van der Waals surface area (Å²) in [4.78, 5) is 9.01. The fraction of sp³-hybridized carbons (Fsp3) is 0.122. The second kappa shape index (κ2) is 19.5. The van der Waals surface area contributed by atoms with Gasteiger partial charge >= 0.3 is 0 Å². The number of fused-ring (bicyclic) bond motifs is 7. The van der Waals surface area contributed by atoms with Crippen LogP contribution < -0.4 is 19.3 Å². The topological polar surface area (TPSA) is 47.7 Å². The Morgan fingerprint density at radius 1 is 0.420 bits per heavy atom. The molecule has 3 aromatic heterocycles. The molecular formula is C74H61N5O2. The van der Waals surface area contributed by atoms with E-state index >= 15 is 0 Å². The number of aromatic nitrogens is 3. The molecule has 0 N–H and O–H groups in total. The molecule has 0 radical (unpaired) electrons. The molecule has 0 saturated carbocycles. The molecule has 0 amide bonds. The number of nitrogens with zero attached hydrogens (tertiary/aromatic N) is 5. The zero-order valence-electron chi connectivity index (χ0n) is 55.7. The van der Waals surface area contributed by atoms with E-state index in [0.29, 0.717) is 34.4 Å². The molecule has 394 valence electrons. The van der Waals surface area contributed by atoms with Crippen molar-refractivity contribution >= 4 is 66.4 Å². The van der Waals surface area contributed by atoms with Crippen LogP contribution >= 0.6 is 0 Å². The van der Waals surface area contributed by atoms with E-state index in [1.807, 2.05) is 82.6 Å². The van der Waals surface area contributed by atoms with Crippen LogP contribution in [0.4, 0.5) is 22.7 Å². The first-order chi connectivity index (χ1) is 43.6. The van der Waals surface area contributed by atoms with Crippen LogP contribution in [0.15, 0.2) is 249 Å². The molecule has 0 bridgehead atoms. The zero-order chi connectivity index (χ0) is 63.7. The Morgan fingerprint density at radius 3 is 1.63 bits per heavy atom. The van der Waals surface area contributed by atoms with Gasteiger partial charge < -0.3 is 23.8 Å². The van der Waals surface area contributed by atoms with E-state index in [1.165, 1.54) is 10.8 Å². The molecule has 0 unspecified atom stereocenters. The maximum atomic E-state index is 9.15. The van der Waals surface area contributed by atoms with Crippen molar-refractivity contribution in [3.8, 4) is 56.8 Å².